The Bertz CT molecular complexity index is 657. The highest BCUT2D eigenvalue weighted by atomic mass is 32.1. The Kier molecular flexibility index (Phi) is 3.44. The molecule has 0 aliphatic carbocycles. The smallest absolute Gasteiger partial charge is 0.327 e. The minimum absolute atomic E-state index is 0.174. The van der Waals surface area contributed by atoms with E-state index in [9.17, 15) is 13.2 Å². The fourth-order valence-corrected chi connectivity index (χ4v) is 1.89. The molecule has 0 saturated carbocycles. The summed E-state index contributed by atoms with van der Waals surface area (Å²) in [5, 5.41) is 4.18. The number of halogens is 3. The summed E-state index contributed by atoms with van der Waals surface area (Å²) in [5.41, 5.74) is 0.426. The van der Waals surface area contributed by atoms with E-state index in [0.717, 1.165) is 6.07 Å². The minimum Gasteiger partial charge on any atom is -0.327 e. The van der Waals surface area contributed by atoms with Gasteiger partial charge in [-0.05, 0) is 32.1 Å². The molecule has 0 bridgehead atoms. The zero-order valence-electron chi connectivity index (χ0n) is 10.2. The molecule has 2 rings (SSSR count). The van der Waals surface area contributed by atoms with Crippen LogP contribution in [0, 0.1) is 11.7 Å². The van der Waals surface area contributed by atoms with Gasteiger partial charge >= 0.3 is 6.18 Å². The molecule has 0 radical (unpaired) electrons. The maximum absolute atomic E-state index is 12.7. The molecule has 1 N–H and O–H groups in total. The van der Waals surface area contributed by atoms with Gasteiger partial charge in [-0.1, -0.05) is 0 Å². The highest BCUT2D eigenvalue weighted by molar-refractivity contribution is 7.71. The van der Waals surface area contributed by atoms with Gasteiger partial charge in [-0.3, -0.25) is 4.68 Å². The molecule has 2 aromatic heterocycles. The van der Waals surface area contributed by atoms with Gasteiger partial charge in [0.15, 0.2) is 4.77 Å². The van der Waals surface area contributed by atoms with Crippen LogP contribution in [0.2, 0.25) is 0 Å². The van der Waals surface area contributed by atoms with Crippen molar-refractivity contribution in [2.75, 3.05) is 0 Å². The summed E-state index contributed by atoms with van der Waals surface area (Å²) >= 11 is 4.74. The maximum atomic E-state index is 12.7. The molecular weight excluding hydrogens is 277 g/mol. The molecule has 0 spiro atoms. The van der Waals surface area contributed by atoms with Crippen LogP contribution in [-0.4, -0.2) is 19.7 Å². The van der Waals surface area contributed by atoms with Crippen LogP contribution in [0.4, 0.5) is 13.2 Å². The Morgan fingerprint density at radius 3 is 2.63 bits per heavy atom. The molecule has 0 aliphatic heterocycles. The summed E-state index contributed by atoms with van der Waals surface area (Å²) in [7, 11) is 0. The topological polar surface area (TPSA) is 46.5 Å². The van der Waals surface area contributed by atoms with E-state index in [2.05, 4.69) is 10.1 Å². The lowest BCUT2D eigenvalue weighted by atomic mass is 10.1. The molecule has 0 atom stereocenters. The highest BCUT2D eigenvalue weighted by Gasteiger charge is 2.32. The number of hydrogen-bond acceptors (Lipinski definition) is 3. The third kappa shape index (κ3) is 2.83. The number of nitrogens with zero attached hydrogens (tertiary/aromatic N) is 3. The van der Waals surface area contributed by atoms with Crippen LogP contribution in [0.3, 0.4) is 0 Å². The van der Waals surface area contributed by atoms with E-state index in [1.165, 1.54) is 0 Å². The lowest BCUT2D eigenvalue weighted by Gasteiger charge is -2.07. The summed E-state index contributed by atoms with van der Waals surface area (Å²) in [6.07, 6.45) is -2.83. The van der Waals surface area contributed by atoms with Crippen LogP contribution in [0.15, 0.2) is 12.3 Å². The molecule has 8 heteroatoms. The summed E-state index contributed by atoms with van der Waals surface area (Å²) in [6, 6.07) is 0.944. The zero-order chi connectivity index (χ0) is 14.2. The van der Waals surface area contributed by atoms with E-state index in [-0.39, 0.29) is 10.5 Å². The standard InChI is InChI=1S/C11H11F3N4S/c1-3-18-5-7(6(2)17-18)8-4-9(11(12,13)14)16-10(19)15-8/h4-5H,3H2,1-2H3,(H,15,16,19). The fourth-order valence-electron chi connectivity index (χ4n) is 1.68. The molecule has 0 amide bonds. The number of H-pyrrole nitrogens is 1. The van der Waals surface area contributed by atoms with Crippen molar-refractivity contribution in [3.63, 3.8) is 0 Å². The van der Waals surface area contributed by atoms with E-state index >= 15 is 0 Å². The Balaban J connectivity index is 2.59. The van der Waals surface area contributed by atoms with Crippen molar-refractivity contribution in [2.45, 2.75) is 26.6 Å². The van der Waals surface area contributed by atoms with Gasteiger partial charge in [0, 0.05) is 18.3 Å². The zero-order valence-corrected chi connectivity index (χ0v) is 11.1. The first-order valence-corrected chi connectivity index (χ1v) is 5.95. The van der Waals surface area contributed by atoms with Crippen LogP contribution in [0.5, 0.6) is 0 Å². The molecule has 0 fully saturated rings. The normalized spacial score (nSPS) is 11.8. The molecule has 102 valence electrons. The number of alkyl halides is 3. The third-order valence-electron chi connectivity index (χ3n) is 2.60. The molecule has 4 nitrogen and oxygen atoms in total. The van der Waals surface area contributed by atoms with Gasteiger partial charge < -0.3 is 4.98 Å². The number of aromatic amines is 1. The Morgan fingerprint density at radius 1 is 1.42 bits per heavy atom. The summed E-state index contributed by atoms with van der Waals surface area (Å²) in [5.74, 6) is 0. The lowest BCUT2D eigenvalue weighted by Crippen LogP contribution is -2.09. The Morgan fingerprint density at radius 2 is 2.11 bits per heavy atom. The second-order valence-corrected chi connectivity index (χ2v) is 4.35. The predicted molar refractivity (Wildman–Crippen MR) is 66.1 cm³/mol. The van der Waals surface area contributed by atoms with Gasteiger partial charge in [0.2, 0.25) is 0 Å². The van der Waals surface area contributed by atoms with E-state index in [1.807, 2.05) is 11.9 Å². The van der Waals surface area contributed by atoms with Crippen LogP contribution < -0.4 is 0 Å². The van der Waals surface area contributed by atoms with Gasteiger partial charge in [-0.15, -0.1) is 0 Å². The molecule has 0 aromatic carbocycles. The predicted octanol–water partition coefficient (Wildman–Crippen LogP) is 3.35. The van der Waals surface area contributed by atoms with Gasteiger partial charge in [0.1, 0.15) is 5.69 Å². The van der Waals surface area contributed by atoms with Crippen molar-refractivity contribution in [2.24, 2.45) is 0 Å². The van der Waals surface area contributed by atoms with Crippen LogP contribution >= 0.6 is 12.2 Å². The summed E-state index contributed by atoms with van der Waals surface area (Å²) in [6.45, 7) is 4.24. The van der Waals surface area contributed by atoms with Crippen molar-refractivity contribution in [1.29, 1.82) is 0 Å². The minimum atomic E-state index is -4.49. The van der Waals surface area contributed by atoms with Crippen molar-refractivity contribution < 1.29 is 13.2 Å². The van der Waals surface area contributed by atoms with E-state index in [4.69, 9.17) is 12.2 Å². The van der Waals surface area contributed by atoms with Crippen molar-refractivity contribution in [3.05, 3.63) is 28.4 Å². The maximum Gasteiger partial charge on any atom is 0.431 e. The SMILES string of the molecule is CCn1cc(-c2cc(C(F)(F)F)[nH]c(=S)n2)c(C)n1. The summed E-state index contributed by atoms with van der Waals surface area (Å²) in [4.78, 5) is 5.98. The fraction of sp³-hybridized carbons (Fsp3) is 0.364. The molecule has 0 aliphatic rings. The first-order chi connectivity index (χ1) is 8.81. The second-order valence-electron chi connectivity index (χ2n) is 3.97. The lowest BCUT2D eigenvalue weighted by molar-refractivity contribution is -0.141. The van der Waals surface area contributed by atoms with Gasteiger partial charge in [-0.25, -0.2) is 4.98 Å². The second kappa shape index (κ2) is 4.76. The van der Waals surface area contributed by atoms with Crippen molar-refractivity contribution >= 4 is 12.2 Å². The molecule has 2 heterocycles. The van der Waals surface area contributed by atoms with Crippen molar-refractivity contribution in [3.8, 4) is 11.3 Å². The van der Waals surface area contributed by atoms with Gasteiger partial charge in [0.05, 0.1) is 11.4 Å². The number of nitrogens with one attached hydrogen (secondary N) is 1. The monoisotopic (exact) mass is 288 g/mol. The Labute approximate surface area is 112 Å². The van der Waals surface area contributed by atoms with Crippen LogP contribution in [0.25, 0.3) is 11.3 Å². The third-order valence-corrected chi connectivity index (χ3v) is 2.79. The van der Waals surface area contributed by atoms with E-state index in [1.54, 1.807) is 17.8 Å². The van der Waals surface area contributed by atoms with Crippen LogP contribution in [0.1, 0.15) is 18.3 Å². The molecule has 0 saturated heterocycles. The molecule has 19 heavy (non-hydrogen) atoms. The number of aromatic nitrogens is 4. The quantitative estimate of drug-likeness (QED) is 0.862. The van der Waals surface area contributed by atoms with Gasteiger partial charge in [0.25, 0.3) is 0 Å². The van der Waals surface area contributed by atoms with E-state index < -0.39 is 11.9 Å². The first kappa shape index (κ1) is 13.7. The number of aryl methyl sites for hydroxylation is 2. The average Bonchev–Trinajstić information content (AvgIpc) is 2.68. The van der Waals surface area contributed by atoms with Crippen LogP contribution in [-0.2, 0) is 12.7 Å². The van der Waals surface area contributed by atoms with Gasteiger partial charge in [-0.2, -0.15) is 18.3 Å². The van der Waals surface area contributed by atoms with E-state index in [0.29, 0.717) is 17.8 Å². The van der Waals surface area contributed by atoms with Crippen molar-refractivity contribution in [1.82, 2.24) is 19.7 Å². The number of rotatable bonds is 2. The highest BCUT2D eigenvalue weighted by Crippen LogP contribution is 2.30. The Hall–Kier alpha value is -1.70. The molecular formula is C11H11F3N4S. The average molecular weight is 288 g/mol. The summed E-state index contributed by atoms with van der Waals surface area (Å²) < 4.78 is 39.6. The molecule has 0 unspecified atom stereocenters. The first-order valence-electron chi connectivity index (χ1n) is 5.54. The largest absolute Gasteiger partial charge is 0.431 e. The number of hydrogen-bond donors (Lipinski definition) is 1. The molecule has 2 aromatic rings.